The van der Waals surface area contributed by atoms with Crippen LogP contribution < -0.4 is 15.4 Å². The lowest BCUT2D eigenvalue weighted by molar-refractivity contribution is -0.122. The number of hydrogen-bond acceptors (Lipinski definition) is 7. The van der Waals surface area contributed by atoms with E-state index in [0.29, 0.717) is 29.2 Å². The summed E-state index contributed by atoms with van der Waals surface area (Å²) >= 11 is 6.79. The molecular weight excluding hydrogens is 572 g/mol. The fourth-order valence-electron chi connectivity index (χ4n) is 4.92. The van der Waals surface area contributed by atoms with Crippen LogP contribution in [0.4, 0.5) is 10.1 Å². The molecule has 7 nitrogen and oxygen atoms in total. The van der Waals surface area contributed by atoms with Crippen molar-refractivity contribution in [2.45, 2.75) is 52.0 Å². The molecule has 0 amide bonds. The number of ketones is 1. The van der Waals surface area contributed by atoms with Crippen LogP contribution in [-0.4, -0.2) is 40.6 Å². The van der Waals surface area contributed by atoms with Crippen molar-refractivity contribution in [3.63, 3.8) is 0 Å². The minimum absolute atomic E-state index is 0.00557. The highest BCUT2D eigenvalue weighted by atomic mass is 32.1. The van der Waals surface area contributed by atoms with Gasteiger partial charge in [0.25, 0.3) is 0 Å². The first-order chi connectivity index (χ1) is 20.3. The lowest BCUT2D eigenvalue weighted by atomic mass is 9.84. The molecule has 5 rings (SSSR count). The van der Waals surface area contributed by atoms with Gasteiger partial charge in [0.1, 0.15) is 11.5 Å². The van der Waals surface area contributed by atoms with Gasteiger partial charge in [-0.3, -0.25) is 14.8 Å². The molecule has 0 radical (unpaired) electrons. The second kappa shape index (κ2) is 13.7. The number of fused-ring (bicyclic) bond motifs is 1. The Morgan fingerprint density at radius 2 is 1.98 bits per heavy atom. The number of Topliss-reactive ketones (excluding diaryl/α,β-unsaturated/α-hetero) is 1. The van der Waals surface area contributed by atoms with Gasteiger partial charge in [0.05, 0.1) is 20.8 Å². The molecule has 4 aromatic rings. The highest BCUT2D eigenvalue weighted by Crippen LogP contribution is 2.39. The Hall–Kier alpha value is -3.47. The number of hydrogen-bond donors (Lipinski definition) is 2. The quantitative estimate of drug-likeness (QED) is 0.151. The van der Waals surface area contributed by atoms with Crippen molar-refractivity contribution in [1.29, 1.82) is 0 Å². The van der Waals surface area contributed by atoms with Crippen molar-refractivity contribution < 1.29 is 18.7 Å². The van der Waals surface area contributed by atoms with Crippen LogP contribution in [0.2, 0.25) is 0 Å². The Morgan fingerprint density at radius 1 is 1.14 bits per heavy atom. The molecule has 0 saturated heterocycles. The number of halogens is 1. The first-order valence-electron chi connectivity index (χ1n) is 14.2. The standard InChI is InChI=1S/C32H35FN4O3S2/c1-19(13-15-39-3)24(20(2)38)9-4-21-5-10-26(35-18-21)30-17-27-31(42-30)29(12-14-34-27)40-28-11-8-23(16-25(28)33)37-32(41)36-22-6-7-22/h5,8,10-12,14,16-19,22,24H,4,6-7,9,13,15H2,1-3H3,(H2,36,37,41). The Bertz CT molecular complexity index is 1560. The molecule has 0 bridgehead atoms. The molecule has 1 aromatic carbocycles. The van der Waals surface area contributed by atoms with Crippen molar-refractivity contribution in [3.8, 4) is 22.1 Å². The summed E-state index contributed by atoms with van der Waals surface area (Å²) in [7, 11) is 1.69. The van der Waals surface area contributed by atoms with Gasteiger partial charge in [-0.25, -0.2) is 4.39 Å². The number of aromatic nitrogens is 2. The van der Waals surface area contributed by atoms with Gasteiger partial charge in [-0.05, 0) is 87.0 Å². The number of pyridine rings is 2. The van der Waals surface area contributed by atoms with Crippen LogP contribution in [0.15, 0.2) is 54.9 Å². The van der Waals surface area contributed by atoms with Crippen LogP contribution in [0.5, 0.6) is 11.5 Å². The summed E-state index contributed by atoms with van der Waals surface area (Å²) in [5, 5.41) is 6.69. The molecule has 1 aliphatic carbocycles. The minimum Gasteiger partial charge on any atom is -0.453 e. The fraction of sp³-hybridized carbons (Fsp3) is 0.375. The van der Waals surface area contributed by atoms with Gasteiger partial charge >= 0.3 is 0 Å². The van der Waals surface area contributed by atoms with E-state index >= 15 is 0 Å². The van der Waals surface area contributed by atoms with Gasteiger partial charge < -0.3 is 20.1 Å². The van der Waals surface area contributed by atoms with E-state index in [9.17, 15) is 9.18 Å². The summed E-state index contributed by atoms with van der Waals surface area (Å²) in [4.78, 5) is 22.4. The SMILES string of the molecule is COCCC(C)C(CCc1ccc(-c2cc3nccc(Oc4ccc(NC(=S)NC5CC5)cc4F)c3s2)nc1)C(C)=O. The van der Waals surface area contributed by atoms with Crippen molar-refractivity contribution in [2.24, 2.45) is 11.8 Å². The predicted octanol–water partition coefficient (Wildman–Crippen LogP) is 7.55. The molecular formula is C32H35FN4O3S2. The number of thiophene rings is 1. The molecule has 1 saturated carbocycles. The number of benzene rings is 1. The van der Waals surface area contributed by atoms with Crippen molar-refractivity contribution in [2.75, 3.05) is 19.0 Å². The number of carbonyl (C=O) groups is 1. The first-order valence-corrected chi connectivity index (χ1v) is 15.4. The maximum atomic E-state index is 14.9. The Morgan fingerprint density at radius 3 is 2.67 bits per heavy atom. The molecule has 3 aromatic heterocycles. The summed E-state index contributed by atoms with van der Waals surface area (Å²) in [6.45, 7) is 4.45. The van der Waals surface area contributed by atoms with E-state index in [1.54, 1.807) is 38.4 Å². The highest BCUT2D eigenvalue weighted by Gasteiger charge is 2.23. The maximum Gasteiger partial charge on any atom is 0.170 e. The molecule has 1 fully saturated rings. The minimum atomic E-state index is -0.492. The number of anilines is 1. The Balaban J connectivity index is 1.25. The maximum absolute atomic E-state index is 14.9. The fourth-order valence-corrected chi connectivity index (χ4v) is 6.24. The molecule has 3 heterocycles. The zero-order valence-corrected chi connectivity index (χ0v) is 25.6. The number of rotatable bonds is 13. The summed E-state index contributed by atoms with van der Waals surface area (Å²) in [5.74, 6) is 0.645. The van der Waals surface area contributed by atoms with Crippen molar-refractivity contribution in [1.82, 2.24) is 15.3 Å². The van der Waals surface area contributed by atoms with Crippen LogP contribution in [0.3, 0.4) is 0 Å². The van der Waals surface area contributed by atoms with E-state index in [-0.39, 0.29) is 23.4 Å². The topological polar surface area (TPSA) is 85.4 Å². The second-order valence-corrected chi connectivity index (χ2v) is 12.3. The number of ether oxygens (including phenoxy) is 2. The average molecular weight is 607 g/mol. The number of nitrogens with one attached hydrogen (secondary N) is 2. The lowest BCUT2D eigenvalue weighted by Gasteiger charge is -2.21. The number of aryl methyl sites for hydroxylation is 1. The van der Waals surface area contributed by atoms with Crippen LogP contribution >= 0.6 is 23.6 Å². The predicted molar refractivity (Wildman–Crippen MR) is 170 cm³/mol. The Labute approximate surface area is 254 Å². The summed E-state index contributed by atoms with van der Waals surface area (Å²) in [6, 6.07) is 12.9. The van der Waals surface area contributed by atoms with E-state index in [0.717, 1.165) is 58.5 Å². The summed E-state index contributed by atoms with van der Waals surface area (Å²) in [6.07, 6.45) is 8.17. The Kier molecular flexibility index (Phi) is 9.76. The smallest absolute Gasteiger partial charge is 0.170 e. The largest absolute Gasteiger partial charge is 0.453 e. The summed E-state index contributed by atoms with van der Waals surface area (Å²) in [5.41, 5.74) is 3.22. The molecule has 0 spiro atoms. The average Bonchev–Trinajstić information content (AvgIpc) is 3.67. The lowest BCUT2D eigenvalue weighted by Crippen LogP contribution is -2.30. The van der Waals surface area contributed by atoms with Crippen molar-refractivity contribution in [3.05, 3.63) is 66.2 Å². The zero-order chi connectivity index (χ0) is 29.6. The molecule has 0 aliphatic heterocycles. The number of methoxy groups -OCH3 is 1. The molecule has 2 atom stereocenters. The van der Waals surface area contributed by atoms with Crippen LogP contribution in [-0.2, 0) is 16.0 Å². The summed E-state index contributed by atoms with van der Waals surface area (Å²) < 4.78 is 27.0. The van der Waals surface area contributed by atoms with Gasteiger partial charge in [0.2, 0.25) is 0 Å². The number of nitrogens with zero attached hydrogens (tertiary/aromatic N) is 2. The first kappa shape index (κ1) is 30.0. The second-order valence-electron chi connectivity index (χ2n) is 10.8. The van der Waals surface area contributed by atoms with Gasteiger partial charge in [-0.2, -0.15) is 0 Å². The molecule has 10 heteroatoms. The normalized spacial score (nSPS) is 14.4. The van der Waals surface area contributed by atoms with Crippen molar-refractivity contribution >= 4 is 50.4 Å². The van der Waals surface area contributed by atoms with Gasteiger partial charge in [-0.15, -0.1) is 11.3 Å². The van der Waals surface area contributed by atoms with E-state index < -0.39 is 5.82 Å². The van der Waals surface area contributed by atoms with Gasteiger partial charge in [-0.1, -0.05) is 13.0 Å². The third-order valence-corrected chi connectivity index (χ3v) is 8.89. The van der Waals surface area contributed by atoms with Crippen LogP contribution in [0, 0.1) is 17.7 Å². The number of thiocarbonyl (C=S) groups is 1. The van der Waals surface area contributed by atoms with E-state index in [2.05, 4.69) is 28.6 Å². The number of carbonyl (C=O) groups excluding carboxylic acids is 1. The highest BCUT2D eigenvalue weighted by molar-refractivity contribution is 7.80. The zero-order valence-electron chi connectivity index (χ0n) is 24.0. The van der Waals surface area contributed by atoms with Gasteiger partial charge in [0, 0.05) is 55.9 Å². The monoisotopic (exact) mass is 606 g/mol. The molecule has 2 N–H and O–H groups in total. The molecule has 42 heavy (non-hydrogen) atoms. The van der Waals surface area contributed by atoms with Gasteiger partial charge in [0.15, 0.2) is 16.7 Å². The molecule has 2 unspecified atom stereocenters. The van der Waals surface area contributed by atoms with Crippen LogP contribution in [0.1, 0.15) is 45.1 Å². The third-order valence-electron chi connectivity index (χ3n) is 7.51. The molecule has 220 valence electrons. The van der Waals surface area contributed by atoms with E-state index in [1.807, 2.05) is 18.3 Å². The van der Waals surface area contributed by atoms with E-state index in [1.165, 1.54) is 17.4 Å². The molecule has 1 aliphatic rings. The van der Waals surface area contributed by atoms with E-state index in [4.69, 9.17) is 26.7 Å². The third kappa shape index (κ3) is 7.67. The van der Waals surface area contributed by atoms with Crippen LogP contribution in [0.25, 0.3) is 20.8 Å².